The van der Waals surface area contributed by atoms with Crippen molar-refractivity contribution in [3.05, 3.63) is 41.7 Å². The van der Waals surface area contributed by atoms with Gasteiger partial charge < -0.3 is 5.32 Å². The topological polar surface area (TPSA) is 46.9 Å². The molecule has 0 fully saturated rings. The molecule has 112 valence electrons. The molecule has 0 spiro atoms. The molecule has 5 heteroatoms. The molecule has 1 heterocycles. The number of halogens is 1. The van der Waals surface area contributed by atoms with Crippen molar-refractivity contribution in [2.24, 2.45) is 0 Å². The smallest absolute Gasteiger partial charge is 0.220 e. The Morgan fingerprint density at radius 1 is 1.29 bits per heavy atom. The molecule has 0 atom stereocenters. The van der Waals surface area contributed by atoms with Crippen LogP contribution in [0.25, 0.3) is 11.1 Å². The van der Waals surface area contributed by atoms with Crippen LogP contribution in [0.4, 0.5) is 0 Å². The number of aryl methyl sites for hydroxylation is 1. The first-order valence-corrected chi connectivity index (χ1v) is 7.50. The lowest BCUT2D eigenvalue weighted by molar-refractivity contribution is -0.121. The molecule has 0 aliphatic heterocycles. The highest BCUT2D eigenvalue weighted by Crippen LogP contribution is 2.20. The summed E-state index contributed by atoms with van der Waals surface area (Å²) in [5.41, 5.74) is 2.14. The summed E-state index contributed by atoms with van der Waals surface area (Å²) in [4.78, 5) is 11.5. The largest absolute Gasteiger partial charge is 0.354 e. The van der Waals surface area contributed by atoms with Gasteiger partial charge in [0.2, 0.25) is 5.91 Å². The maximum Gasteiger partial charge on any atom is 0.220 e. The predicted octanol–water partition coefficient (Wildman–Crippen LogP) is 3.51. The van der Waals surface area contributed by atoms with E-state index in [2.05, 4.69) is 10.4 Å². The Morgan fingerprint density at radius 3 is 2.67 bits per heavy atom. The number of benzene rings is 1. The maximum atomic E-state index is 11.5. The van der Waals surface area contributed by atoms with E-state index in [1.54, 1.807) is 0 Å². The van der Waals surface area contributed by atoms with Crippen molar-refractivity contribution in [2.45, 2.75) is 39.3 Å². The molecule has 0 aliphatic carbocycles. The summed E-state index contributed by atoms with van der Waals surface area (Å²) in [7, 11) is 0. The van der Waals surface area contributed by atoms with Crippen LogP contribution in [0.2, 0.25) is 5.02 Å². The van der Waals surface area contributed by atoms with Crippen LogP contribution in [0.5, 0.6) is 0 Å². The number of carbonyl (C=O) groups is 1. The predicted molar refractivity (Wildman–Crippen MR) is 85.2 cm³/mol. The zero-order valence-corrected chi connectivity index (χ0v) is 13.1. The number of nitrogens with one attached hydrogen (secondary N) is 1. The minimum absolute atomic E-state index is 0.0927. The fraction of sp³-hybridized carbons (Fsp3) is 0.375. The molecule has 1 N–H and O–H groups in total. The van der Waals surface area contributed by atoms with Gasteiger partial charge in [-0.05, 0) is 38.0 Å². The highest BCUT2D eigenvalue weighted by Gasteiger charge is 2.05. The molecule has 2 aromatic rings. The van der Waals surface area contributed by atoms with Crippen molar-refractivity contribution in [2.75, 3.05) is 0 Å². The number of rotatable bonds is 6. The Bertz CT molecular complexity index is 590. The number of amides is 1. The summed E-state index contributed by atoms with van der Waals surface area (Å²) in [6.07, 6.45) is 5.12. The molecule has 0 unspecified atom stereocenters. The summed E-state index contributed by atoms with van der Waals surface area (Å²) in [5, 5.41) is 7.93. The summed E-state index contributed by atoms with van der Waals surface area (Å²) in [5.74, 6) is 0.0927. The molecule has 0 bridgehead atoms. The Hall–Kier alpha value is -1.81. The molecule has 21 heavy (non-hydrogen) atoms. The first kappa shape index (κ1) is 15.6. The van der Waals surface area contributed by atoms with Crippen LogP contribution in [0, 0.1) is 0 Å². The molecule has 0 aliphatic rings. The second-order valence-electron chi connectivity index (χ2n) is 5.32. The monoisotopic (exact) mass is 305 g/mol. The van der Waals surface area contributed by atoms with Crippen molar-refractivity contribution in [1.29, 1.82) is 0 Å². The van der Waals surface area contributed by atoms with Crippen molar-refractivity contribution < 1.29 is 4.79 Å². The van der Waals surface area contributed by atoms with Crippen LogP contribution < -0.4 is 5.32 Å². The average Bonchev–Trinajstić information content (AvgIpc) is 2.87. The van der Waals surface area contributed by atoms with Crippen LogP contribution in [0.3, 0.4) is 0 Å². The van der Waals surface area contributed by atoms with Gasteiger partial charge in [-0.1, -0.05) is 23.7 Å². The summed E-state index contributed by atoms with van der Waals surface area (Å²) >= 11 is 5.88. The van der Waals surface area contributed by atoms with E-state index in [0.29, 0.717) is 6.42 Å². The lowest BCUT2D eigenvalue weighted by Gasteiger charge is -2.07. The van der Waals surface area contributed by atoms with Gasteiger partial charge in [-0.25, -0.2) is 0 Å². The number of hydrogen-bond donors (Lipinski definition) is 1. The first-order chi connectivity index (χ1) is 10.0. The van der Waals surface area contributed by atoms with Crippen LogP contribution in [-0.2, 0) is 11.3 Å². The van der Waals surface area contributed by atoms with Gasteiger partial charge >= 0.3 is 0 Å². The Kier molecular flexibility index (Phi) is 5.39. The van der Waals surface area contributed by atoms with Crippen LogP contribution >= 0.6 is 11.6 Å². The first-order valence-electron chi connectivity index (χ1n) is 7.12. The van der Waals surface area contributed by atoms with E-state index in [1.807, 2.05) is 55.2 Å². The van der Waals surface area contributed by atoms with E-state index in [9.17, 15) is 4.79 Å². The van der Waals surface area contributed by atoms with Gasteiger partial charge in [-0.3, -0.25) is 9.48 Å². The molecule has 1 aromatic heterocycles. The summed E-state index contributed by atoms with van der Waals surface area (Å²) < 4.78 is 1.87. The van der Waals surface area contributed by atoms with Gasteiger partial charge in [0.05, 0.1) is 6.20 Å². The Morgan fingerprint density at radius 2 is 2.00 bits per heavy atom. The van der Waals surface area contributed by atoms with Gasteiger partial charge in [-0.15, -0.1) is 0 Å². The normalized spacial score (nSPS) is 10.9. The van der Waals surface area contributed by atoms with Crippen LogP contribution in [-0.4, -0.2) is 21.7 Å². The van der Waals surface area contributed by atoms with Gasteiger partial charge in [0.1, 0.15) is 0 Å². The third kappa shape index (κ3) is 4.90. The second-order valence-corrected chi connectivity index (χ2v) is 5.76. The lowest BCUT2D eigenvalue weighted by atomic mass is 10.1. The highest BCUT2D eigenvalue weighted by atomic mass is 35.5. The molecule has 2 rings (SSSR count). The number of aromatic nitrogens is 2. The molecular weight excluding hydrogens is 286 g/mol. The van der Waals surface area contributed by atoms with E-state index >= 15 is 0 Å². The van der Waals surface area contributed by atoms with Crippen molar-refractivity contribution in [3.63, 3.8) is 0 Å². The standard InChI is InChI=1S/C16H20ClN3O/c1-12(2)19-16(21)4-3-9-20-11-14(10-18-20)13-5-7-15(17)8-6-13/h5-8,10-12H,3-4,9H2,1-2H3,(H,19,21). The van der Waals surface area contributed by atoms with Gasteiger partial charge in [0.15, 0.2) is 0 Å². The van der Waals surface area contributed by atoms with Crippen molar-refractivity contribution >= 4 is 17.5 Å². The van der Waals surface area contributed by atoms with Crippen molar-refractivity contribution in [1.82, 2.24) is 15.1 Å². The number of hydrogen-bond acceptors (Lipinski definition) is 2. The Balaban J connectivity index is 1.86. The quantitative estimate of drug-likeness (QED) is 0.888. The fourth-order valence-electron chi connectivity index (χ4n) is 2.07. The number of carbonyl (C=O) groups excluding carboxylic acids is 1. The van der Waals surface area contributed by atoms with E-state index in [-0.39, 0.29) is 11.9 Å². The van der Waals surface area contributed by atoms with Gasteiger partial charge in [0, 0.05) is 35.8 Å². The zero-order valence-electron chi connectivity index (χ0n) is 12.3. The molecular formula is C16H20ClN3O. The molecule has 0 saturated carbocycles. The number of nitrogens with zero attached hydrogens (tertiary/aromatic N) is 2. The second kappa shape index (κ2) is 7.27. The third-order valence-corrected chi connectivity index (χ3v) is 3.30. The van der Waals surface area contributed by atoms with Gasteiger partial charge in [0.25, 0.3) is 0 Å². The highest BCUT2D eigenvalue weighted by molar-refractivity contribution is 6.30. The minimum Gasteiger partial charge on any atom is -0.354 e. The SMILES string of the molecule is CC(C)NC(=O)CCCn1cc(-c2ccc(Cl)cc2)cn1. The molecule has 1 aromatic carbocycles. The Labute approximate surface area is 130 Å². The summed E-state index contributed by atoms with van der Waals surface area (Å²) in [6.45, 7) is 4.66. The van der Waals surface area contributed by atoms with E-state index < -0.39 is 0 Å². The van der Waals surface area contributed by atoms with E-state index in [0.717, 1.165) is 29.1 Å². The van der Waals surface area contributed by atoms with Gasteiger partial charge in [-0.2, -0.15) is 5.10 Å². The lowest BCUT2D eigenvalue weighted by Crippen LogP contribution is -2.29. The average molecular weight is 306 g/mol. The third-order valence-electron chi connectivity index (χ3n) is 3.05. The summed E-state index contributed by atoms with van der Waals surface area (Å²) in [6, 6.07) is 7.87. The molecule has 0 saturated heterocycles. The maximum absolute atomic E-state index is 11.5. The minimum atomic E-state index is 0.0927. The van der Waals surface area contributed by atoms with E-state index in [4.69, 9.17) is 11.6 Å². The van der Waals surface area contributed by atoms with E-state index in [1.165, 1.54) is 0 Å². The van der Waals surface area contributed by atoms with Crippen molar-refractivity contribution in [3.8, 4) is 11.1 Å². The zero-order chi connectivity index (χ0) is 15.2. The van der Waals surface area contributed by atoms with Crippen LogP contribution in [0.1, 0.15) is 26.7 Å². The molecule has 0 radical (unpaired) electrons. The molecule has 1 amide bonds. The van der Waals surface area contributed by atoms with Crippen LogP contribution in [0.15, 0.2) is 36.7 Å². The fourth-order valence-corrected chi connectivity index (χ4v) is 2.20. The molecule has 4 nitrogen and oxygen atoms in total.